The number of esters is 1. The summed E-state index contributed by atoms with van der Waals surface area (Å²) in [6.07, 6.45) is 3.25. The molecule has 0 radical (unpaired) electrons. The summed E-state index contributed by atoms with van der Waals surface area (Å²) in [4.78, 5) is 13.7. The average Bonchev–Trinajstić information content (AvgIpc) is 3.01. The molecule has 12 atom stereocenters. The first kappa shape index (κ1) is 24.0. The molecule has 7 heteroatoms. The van der Waals surface area contributed by atoms with E-state index in [0.717, 1.165) is 37.5 Å². The van der Waals surface area contributed by atoms with Gasteiger partial charge in [0.2, 0.25) is 6.29 Å². The van der Waals surface area contributed by atoms with Crippen LogP contribution in [0.15, 0.2) is 0 Å². The molecule has 1 saturated heterocycles. The van der Waals surface area contributed by atoms with Crippen LogP contribution in [0.2, 0.25) is 0 Å². The lowest BCUT2D eigenvalue weighted by Crippen LogP contribution is -2.61. The van der Waals surface area contributed by atoms with Crippen LogP contribution in [0.25, 0.3) is 0 Å². The Hall–Kier alpha value is -0.730. The molecule has 1 aliphatic heterocycles. The number of rotatable bonds is 3. The third-order valence-corrected chi connectivity index (χ3v) is 11.0. The third kappa shape index (κ3) is 3.44. The molecule has 4 saturated carbocycles. The van der Waals surface area contributed by atoms with E-state index in [0.29, 0.717) is 11.3 Å². The summed E-state index contributed by atoms with van der Waals surface area (Å²) in [6, 6.07) is 0. The second-order valence-electron chi connectivity index (χ2n) is 12.6. The Morgan fingerprint density at radius 2 is 1.73 bits per heavy atom. The van der Waals surface area contributed by atoms with Gasteiger partial charge in [0, 0.05) is 0 Å². The minimum absolute atomic E-state index is 0.0919. The molecule has 0 amide bonds. The maximum Gasteiger partial charge on any atom is 0.314 e. The molecule has 0 aromatic rings. The van der Waals surface area contributed by atoms with Crippen molar-refractivity contribution in [2.45, 2.75) is 109 Å². The van der Waals surface area contributed by atoms with Crippen molar-refractivity contribution in [3.05, 3.63) is 0 Å². The van der Waals surface area contributed by atoms with Gasteiger partial charge in [-0.2, -0.15) is 0 Å². The fraction of sp³-hybridized carbons (Fsp3) is 0.962. The molecule has 5 rings (SSSR count). The lowest BCUT2D eigenvalue weighted by molar-refractivity contribution is -0.298. The number of carbonyl (C=O) groups excluding carboxylic acids is 1. The Labute approximate surface area is 196 Å². The van der Waals surface area contributed by atoms with Crippen molar-refractivity contribution in [3.8, 4) is 0 Å². The van der Waals surface area contributed by atoms with Crippen molar-refractivity contribution in [1.82, 2.24) is 0 Å². The van der Waals surface area contributed by atoms with Crippen LogP contribution in [0, 0.1) is 39.9 Å². The SMILES string of the molecule is C[C@@H]1C[C@]23CC[C@@H]4[C@](C)(CCC[C@@]4(C)C(=O)O[C@@H]4O[C@H](CO)[C@@H](O)[C@H](O)[C@H]4O)[C@H]2CC[C@H]1C3. The first-order chi connectivity index (χ1) is 15.6. The van der Waals surface area contributed by atoms with Crippen molar-refractivity contribution in [2.75, 3.05) is 6.61 Å². The number of aliphatic hydroxyl groups is 4. The van der Waals surface area contributed by atoms with Gasteiger partial charge in [0.15, 0.2) is 0 Å². The summed E-state index contributed by atoms with van der Waals surface area (Å²) in [5.74, 6) is 2.13. The second kappa shape index (κ2) is 8.16. The Kier molecular flexibility index (Phi) is 5.93. The summed E-state index contributed by atoms with van der Waals surface area (Å²) in [5.41, 5.74) is -0.157. The zero-order chi connectivity index (χ0) is 23.8. The van der Waals surface area contributed by atoms with Crippen LogP contribution in [0.1, 0.15) is 78.6 Å². The molecule has 1 spiro atoms. The molecule has 4 N–H and O–H groups in total. The molecule has 7 nitrogen and oxygen atoms in total. The Bertz CT molecular complexity index is 768. The molecular weight excluding hydrogens is 424 g/mol. The molecule has 0 unspecified atom stereocenters. The van der Waals surface area contributed by atoms with E-state index in [4.69, 9.17) is 9.47 Å². The molecule has 1 heterocycles. The molecule has 33 heavy (non-hydrogen) atoms. The highest BCUT2D eigenvalue weighted by atomic mass is 16.7. The molecular formula is C26H42O7. The van der Waals surface area contributed by atoms with E-state index >= 15 is 0 Å². The third-order valence-electron chi connectivity index (χ3n) is 11.0. The van der Waals surface area contributed by atoms with Crippen LogP contribution >= 0.6 is 0 Å². The first-order valence-electron chi connectivity index (χ1n) is 13.1. The molecule has 2 bridgehead atoms. The Morgan fingerprint density at radius 3 is 2.45 bits per heavy atom. The summed E-state index contributed by atoms with van der Waals surface area (Å²) in [7, 11) is 0. The lowest BCUT2D eigenvalue weighted by Gasteiger charge is -2.63. The van der Waals surface area contributed by atoms with Gasteiger partial charge in [0.25, 0.3) is 0 Å². The maximum atomic E-state index is 13.7. The van der Waals surface area contributed by atoms with Gasteiger partial charge in [-0.25, -0.2) is 0 Å². The molecule has 0 aromatic carbocycles. The van der Waals surface area contributed by atoms with E-state index in [9.17, 15) is 25.2 Å². The quantitative estimate of drug-likeness (QED) is 0.472. The normalized spacial score (nSPS) is 56.0. The van der Waals surface area contributed by atoms with E-state index in [1.807, 2.05) is 6.92 Å². The number of fused-ring (bicyclic) bond motifs is 3. The molecule has 5 fully saturated rings. The standard InChI is InChI=1S/C26H42O7/c1-14-11-26-10-7-17-24(2,18(26)6-5-15(14)12-26)8-4-9-25(17,3)23(31)33-22-21(30)20(29)19(28)16(13-27)32-22/h14-22,27-30H,4-13H2,1-3H3/t14-,15+,16-,17-,18-,19-,20+,21-,22+,24+,25-,26+/m1/s1. The van der Waals surface area contributed by atoms with Crippen LogP contribution in [0.5, 0.6) is 0 Å². The predicted octanol–water partition coefficient (Wildman–Crippen LogP) is 2.38. The fourth-order valence-electron chi connectivity index (χ4n) is 9.44. The fourth-order valence-corrected chi connectivity index (χ4v) is 9.44. The highest BCUT2D eigenvalue weighted by Gasteiger charge is 2.66. The zero-order valence-electron chi connectivity index (χ0n) is 20.3. The lowest BCUT2D eigenvalue weighted by atomic mass is 9.41. The second-order valence-corrected chi connectivity index (χ2v) is 12.6. The average molecular weight is 467 g/mol. The van der Waals surface area contributed by atoms with E-state index in [-0.39, 0.29) is 11.3 Å². The van der Waals surface area contributed by atoms with Crippen LogP contribution in [-0.2, 0) is 14.3 Å². The molecule has 188 valence electrons. The van der Waals surface area contributed by atoms with Gasteiger partial charge in [-0.3, -0.25) is 4.79 Å². The van der Waals surface area contributed by atoms with Gasteiger partial charge in [-0.15, -0.1) is 0 Å². The molecule has 4 aliphatic carbocycles. The van der Waals surface area contributed by atoms with Crippen molar-refractivity contribution >= 4 is 5.97 Å². The van der Waals surface area contributed by atoms with E-state index in [1.54, 1.807) is 0 Å². The molecule has 0 aromatic heterocycles. The number of ether oxygens (including phenoxy) is 2. The summed E-state index contributed by atoms with van der Waals surface area (Å²) < 4.78 is 11.2. The monoisotopic (exact) mass is 466 g/mol. The Morgan fingerprint density at radius 1 is 0.970 bits per heavy atom. The summed E-state index contributed by atoms with van der Waals surface area (Å²) in [6.45, 7) is 6.33. The summed E-state index contributed by atoms with van der Waals surface area (Å²) in [5, 5.41) is 40.0. The number of aliphatic hydroxyl groups excluding tert-OH is 4. The van der Waals surface area contributed by atoms with Crippen LogP contribution in [0.4, 0.5) is 0 Å². The number of hydrogen-bond donors (Lipinski definition) is 4. The highest BCUT2D eigenvalue weighted by Crippen LogP contribution is 2.72. The van der Waals surface area contributed by atoms with E-state index in [2.05, 4.69) is 13.8 Å². The largest absolute Gasteiger partial charge is 0.432 e. The van der Waals surface area contributed by atoms with Crippen LogP contribution < -0.4 is 0 Å². The van der Waals surface area contributed by atoms with Crippen LogP contribution in [0.3, 0.4) is 0 Å². The van der Waals surface area contributed by atoms with E-state index in [1.165, 1.54) is 32.1 Å². The number of hydrogen-bond acceptors (Lipinski definition) is 7. The van der Waals surface area contributed by atoms with Crippen molar-refractivity contribution in [2.24, 2.45) is 39.9 Å². The Balaban J connectivity index is 1.37. The zero-order valence-corrected chi connectivity index (χ0v) is 20.3. The van der Waals surface area contributed by atoms with Gasteiger partial charge in [0.05, 0.1) is 12.0 Å². The predicted molar refractivity (Wildman–Crippen MR) is 120 cm³/mol. The van der Waals surface area contributed by atoms with Crippen molar-refractivity contribution in [1.29, 1.82) is 0 Å². The maximum absolute atomic E-state index is 13.7. The van der Waals surface area contributed by atoms with E-state index < -0.39 is 48.7 Å². The van der Waals surface area contributed by atoms with Gasteiger partial charge in [0.1, 0.15) is 24.4 Å². The minimum Gasteiger partial charge on any atom is -0.432 e. The number of carbonyl (C=O) groups is 1. The van der Waals surface area contributed by atoms with Gasteiger partial charge in [-0.1, -0.05) is 20.3 Å². The first-order valence-corrected chi connectivity index (χ1v) is 13.1. The van der Waals surface area contributed by atoms with Gasteiger partial charge >= 0.3 is 5.97 Å². The van der Waals surface area contributed by atoms with Gasteiger partial charge < -0.3 is 29.9 Å². The topological polar surface area (TPSA) is 116 Å². The molecule has 5 aliphatic rings. The summed E-state index contributed by atoms with van der Waals surface area (Å²) >= 11 is 0. The van der Waals surface area contributed by atoms with Gasteiger partial charge in [-0.05, 0) is 92.8 Å². The smallest absolute Gasteiger partial charge is 0.314 e. The van der Waals surface area contributed by atoms with Crippen LogP contribution in [-0.4, -0.2) is 63.7 Å². The highest BCUT2D eigenvalue weighted by molar-refractivity contribution is 5.77. The van der Waals surface area contributed by atoms with Crippen molar-refractivity contribution < 1.29 is 34.7 Å². The van der Waals surface area contributed by atoms with Crippen molar-refractivity contribution in [3.63, 3.8) is 0 Å². The minimum atomic E-state index is -1.56.